The number of hydrogen-bond acceptors (Lipinski definition) is 4. The molecule has 0 radical (unpaired) electrons. The molecule has 2 rings (SSSR count). The van der Waals surface area contributed by atoms with Crippen LogP contribution in [0.3, 0.4) is 0 Å². The molecule has 6 nitrogen and oxygen atoms in total. The molecule has 2 amide bonds. The molecule has 0 saturated carbocycles. The van der Waals surface area contributed by atoms with E-state index in [4.69, 9.17) is 17.0 Å². The second-order valence-electron chi connectivity index (χ2n) is 6.67. The molecule has 0 fully saturated rings. The zero-order valence-corrected chi connectivity index (χ0v) is 16.8. The fourth-order valence-electron chi connectivity index (χ4n) is 2.26. The number of aryl methyl sites for hydroxylation is 1. The number of hydrogen-bond donors (Lipinski definition) is 3. The van der Waals surface area contributed by atoms with Crippen LogP contribution in [0.4, 0.5) is 0 Å². The molecule has 3 N–H and O–H groups in total. The third kappa shape index (κ3) is 7.75. The van der Waals surface area contributed by atoms with E-state index in [1.54, 1.807) is 24.3 Å². The van der Waals surface area contributed by atoms with Crippen molar-refractivity contribution in [1.82, 2.24) is 16.2 Å². The van der Waals surface area contributed by atoms with Crippen LogP contribution in [0.25, 0.3) is 0 Å². The third-order valence-electron chi connectivity index (χ3n) is 3.73. The molecule has 0 heterocycles. The molecule has 0 bridgehead atoms. The predicted molar refractivity (Wildman–Crippen MR) is 113 cm³/mol. The minimum Gasteiger partial charge on any atom is -0.493 e. The standard InChI is InChI=1S/C21H25N3O3S/c1-15(2)14-27-18-11-9-17(10-12-18)20(26)22-21(28)24-23-19(25)13-8-16-6-4-3-5-7-16/h3-7,9-12,15H,8,13-14H2,1-2H3,(H,23,25)(H2,22,24,26,28). The maximum absolute atomic E-state index is 12.2. The molecule has 0 spiro atoms. The van der Waals surface area contributed by atoms with Crippen molar-refractivity contribution in [2.75, 3.05) is 6.61 Å². The lowest BCUT2D eigenvalue weighted by atomic mass is 10.1. The molecule has 0 aliphatic rings. The van der Waals surface area contributed by atoms with Crippen molar-refractivity contribution in [2.24, 2.45) is 5.92 Å². The Hall–Kier alpha value is -2.93. The molecule has 0 saturated heterocycles. The summed E-state index contributed by atoms with van der Waals surface area (Å²) in [5.41, 5.74) is 6.54. The first-order chi connectivity index (χ1) is 13.4. The second kappa shape index (κ2) is 11.0. The van der Waals surface area contributed by atoms with E-state index >= 15 is 0 Å². The van der Waals surface area contributed by atoms with E-state index in [-0.39, 0.29) is 16.9 Å². The van der Waals surface area contributed by atoms with Gasteiger partial charge in [-0.15, -0.1) is 0 Å². The Balaban J connectivity index is 1.71. The van der Waals surface area contributed by atoms with Gasteiger partial charge in [-0.05, 0) is 54.4 Å². The van der Waals surface area contributed by atoms with Gasteiger partial charge in [0.15, 0.2) is 5.11 Å². The summed E-state index contributed by atoms with van der Waals surface area (Å²) in [5.74, 6) is 0.546. The monoisotopic (exact) mass is 399 g/mol. The fourth-order valence-corrected chi connectivity index (χ4v) is 2.41. The van der Waals surface area contributed by atoms with E-state index in [0.29, 0.717) is 36.7 Å². The highest BCUT2D eigenvalue weighted by atomic mass is 32.1. The number of amides is 2. The van der Waals surface area contributed by atoms with Crippen LogP contribution in [-0.2, 0) is 11.2 Å². The zero-order valence-electron chi connectivity index (χ0n) is 16.0. The Bertz CT molecular complexity index is 792. The summed E-state index contributed by atoms with van der Waals surface area (Å²) in [5, 5.41) is 2.55. The minimum atomic E-state index is -0.369. The molecule has 148 valence electrons. The van der Waals surface area contributed by atoms with Crippen molar-refractivity contribution >= 4 is 29.1 Å². The van der Waals surface area contributed by atoms with Crippen molar-refractivity contribution < 1.29 is 14.3 Å². The summed E-state index contributed by atoms with van der Waals surface area (Å²) in [6.45, 7) is 4.75. The molecule has 0 atom stereocenters. The highest BCUT2D eigenvalue weighted by Gasteiger charge is 2.09. The van der Waals surface area contributed by atoms with E-state index in [0.717, 1.165) is 5.56 Å². The van der Waals surface area contributed by atoms with E-state index in [1.807, 2.05) is 30.3 Å². The van der Waals surface area contributed by atoms with E-state index < -0.39 is 0 Å². The van der Waals surface area contributed by atoms with Crippen LogP contribution in [0.2, 0.25) is 0 Å². The highest BCUT2D eigenvalue weighted by Crippen LogP contribution is 2.13. The van der Waals surface area contributed by atoms with Gasteiger partial charge in [-0.25, -0.2) is 0 Å². The Morgan fingerprint density at radius 1 is 1.00 bits per heavy atom. The number of carbonyl (C=O) groups excluding carboxylic acids is 2. The van der Waals surface area contributed by atoms with Gasteiger partial charge >= 0.3 is 0 Å². The molecule has 28 heavy (non-hydrogen) atoms. The Morgan fingerprint density at radius 2 is 1.68 bits per heavy atom. The van der Waals surface area contributed by atoms with E-state index in [1.165, 1.54) is 0 Å². The predicted octanol–water partition coefficient (Wildman–Crippen LogP) is 2.99. The Morgan fingerprint density at radius 3 is 2.32 bits per heavy atom. The van der Waals surface area contributed by atoms with Gasteiger partial charge in [0, 0.05) is 12.0 Å². The lowest BCUT2D eigenvalue weighted by Crippen LogP contribution is -2.48. The van der Waals surface area contributed by atoms with E-state index in [2.05, 4.69) is 30.0 Å². The van der Waals surface area contributed by atoms with Gasteiger partial charge in [0.25, 0.3) is 5.91 Å². The quantitative estimate of drug-likeness (QED) is 0.493. The van der Waals surface area contributed by atoms with Gasteiger partial charge in [-0.1, -0.05) is 44.2 Å². The molecular formula is C21H25N3O3S. The van der Waals surface area contributed by atoms with Crippen LogP contribution in [0.1, 0.15) is 36.2 Å². The molecular weight excluding hydrogens is 374 g/mol. The van der Waals surface area contributed by atoms with Crippen LogP contribution in [0.5, 0.6) is 5.75 Å². The topological polar surface area (TPSA) is 79.5 Å². The number of benzene rings is 2. The average molecular weight is 400 g/mol. The van der Waals surface area contributed by atoms with Gasteiger partial charge in [0.1, 0.15) is 5.75 Å². The van der Waals surface area contributed by atoms with Gasteiger partial charge in [0.2, 0.25) is 5.91 Å². The maximum Gasteiger partial charge on any atom is 0.257 e. The molecule has 0 aliphatic heterocycles. The summed E-state index contributed by atoms with van der Waals surface area (Å²) in [6.07, 6.45) is 0.935. The van der Waals surface area contributed by atoms with Crippen molar-refractivity contribution in [3.8, 4) is 5.75 Å². The smallest absolute Gasteiger partial charge is 0.257 e. The van der Waals surface area contributed by atoms with Gasteiger partial charge < -0.3 is 4.74 Å². The minimum absolute atomic E-state index is 0.0261. The number of nitrogens with one attached hydrogen (secondary N) is 3. The number of hydrazine groups is 1. The SMILES string of the molecule is CC(C)COc1ccc(C(=O)NC(=S)NNC(=O)CCc2ccccc2)cc1. The Kier molecular flexibility index (Phi) is 8.42. The van der Waals surface area contributed by atoms with Gasteiger partial charge in [-0.2, -0.15) is 0 Å². The maximum atomic E-state index is 12.2. The van der Waals surface area contributed by atoms with Crippen LogP contribution in [-0.4, -0.2) is 23.5 Å². The molecule has 0 unspecified atom stereocenters. The summed E-state index contributed by atoms with van der Waals surface area (Å²) < 4.78 is 5.59. The number of thiocarbonyl (C=S) groups is 1. The summed E-state index contributed by atoms with van der Waals surface area (Å²) in [6, 6.07) is 16.5. The first kappa shape index (κ1) is 21.4. The van der Waals surface area contributed by atoms with Crippen molar-refractivity contribution in [2.45, 2.75) is 26.7 Å². The van der Waals surface area contributed by atoms with Crippen molar-refractivity contribution in [3.05, 3.63) is 65.7 Å². The molecule has 2 aromatic carbocycles. The molecule has 0 aliphatic carbocycles. The lowest BCUT2D eigenvalue weighted by molar-refractivity contribution is -0.121. The number of ether oxygens (including phenoxy) is 1. The van der Waals surface area contributed by atoms with Crippen molar-refractivity contribution in [3.63, 3.8) is 0 Å². The van der Waals surface area contributed by atoms with Crippen LogP contribution >= 0.6 is 12.2 Å². The highest BCUT2D eigenvalue weighted by molar-refractivity contribution is 7.80. The largest absolute Gasteiger partial charge is 0.493 e. The summed E-state index contributed by atoms with van der Waals surface area (Å²) >= 11 is 5.04. The first-order valence-corrected chi connectivity index (χ1v) is 9.52. The zero-order chi connectivity index (χ0) is 20.4. The summed E-state index contributed by atoms with van der Waals surface area (Å²) in [7, 11) is 0. The third-order valence-corrected chi connectivity index (χ3v) is 3.93. The number of carbonyl (C=O) groups is 2. The Labute approximate surface area is 170 Å². The van der Waals surface area contributed by atoms with Crippen molar-refractivity contribution in [1.29, 1.82) is 0 Å². The van der Waals surface area contributed by atoms with Gasteiger partial charge in [0.05, 0.1) is 6.61 Å². The second-order valence-corrected chi connectivity index (χ2v) is 7.08. The summed E-state index contributed by atoms with van der Waals surface area (Å²) in [4.78, 5) is 24.1. The average Bonchev–Trinajstić information content (AvgIpc) is 2.70. The molecule has 0 aromatic heterocycles. The van der Waals surface area contributed by atoms with Crippen LogP contribution < -0.4 is 20.9 Å². The fraction of sp³-hybridized carbons (Fsp3) is 0.286. The molecule has 2 aromatic rings. The van der Waals surface area contributed by atoms with Crippen LogP contribution in [0, 0.1) is 5.92 Å². The lowest BCUT2D eigenvalue weighted by Gasteiger charge is -2.11. The van der Waals surface area contributed by atoms with Gasteiger partial charge in [-0.3, -0.25) is 25.8 Å². The molecule has 7 heteroatoms. The number of rotatable bonds is 7. The first-order valence-electron chi connectivity index (χ1n) is 9.11. The van der Waals surface area contributed by atoms with E-state index in [9.17, 15) is 9.59 Å². The normalized spacial score (nSPS) is 10.2. The van der Waals surface area contributed by atoms with Crippen LogP contribution in [0.15, 0.2) is 54.6 Å².